The van der Waals surface area contributed by atoms with E-state index in [0.29, 0.717) is 24.5 Å². The van der Waals surface area contributed by atoms with Crippen molar-refractivity contribution >= 4 is 42.3 Å². The Morgan fingerprint density at radius 2 is 1.81 bits per heavy atom. The van der Waals surface area contributed by atoms with Crippen LogP contribution in [-0.4, -0.2) is 19.0 Å². The van der Waals surface area contributed by atoms with E-state index in [4.69, 9.17) is 17.3 Å². The number of halogens is 3. The molecule has 0 aromatic heterocycles. The molecule has 3 N–H and O–H groups in total. The summed E-state index contributed by atoms with van der Waals surface area (Å²) in [7, 11) is 0. The van der Waals surface area contributed by atoms with Crippen molar-refractivity contribution in [1.29, 1.82) is 0 Å². The highest BCUT2D eigenvalue weighted by Gasteiger charge is 2.01. The Labute approximate surface area is 113 Å². The zero-order chi connectivity index (χ0) is 10.4. The molecule has 0 saturated heterocycles. The van der Waals surface area contributed by atoms with Gasteiger partial charge in [-0.15, -0.1) is 24.8 Å². The first-order valence-electron chi connectivity index (χ1n) is 4.43. The van der Waals surface area contributed by atoms with Crippen LogP contribution in [0.4, 0.5) is 0 Å². The van der Waals surface area contributed by atoms with Crippen molar-refractivity contribution in [3.8, 4) is 0 Å². The smallest absolute Gasteiger partial charge is 0.224 e. The number of hydrogen-bond acceptors (Lipinski definition) is 2. The number of rotatable bonds is 4. The van der Waals surface area contributed by atoms with Gasteiger partial charge in [-0.2, -0.15) is 0 Å². The molecule has 1 aromatic rings. The van der Waals surface area contributed by atoms with Gasteiger partial charge in [0.15, 0.2) is 0 Å². The van der Waals surface area contributed by atoms with Crippen LogP contribution in [0.5, 0.6) is 0 Å². The minimum Gasteiger partial charge on any atom is -0.355 e. The summed E-state index contributed by atoms with van der Waals surface area (Å²) in [5.41, 5.74) is 6.21. The summed E-state index contributed by atoms with van der Waals surface area (Å²) in [5, 5.41) is 3.38. The molecule has 3 nitrogen and oxygen atoms in total. The molecule has 1 rings (SSSR count). The molecule has 0 saturated carbocycles. The maximum absolute atomic E-state index is 11.3. The molecular formula is C10H15Cl3N2O. The van der Waals surface area contributed by atoms with Crippen LogP contribution in [0.2, 0.25) is 5.02 Å². The van der Waals surface area contributed by atoms with Crippen LogP contribution in [0.3, 0.4) is 0 Å². The third kappa shape index (κ3) is 6.90. The number of nitrogens with one attached hydrogen (secondary N) is 1. The Balaban J connectivity index is 0. The van der Waals surface area contributed by atoms with Gasteiger partial charge in [-0.25, -0.2) is 0 Å². The van der Waals surface area contributed by atoms with E-state index < -0.39 is 0 Å². The molecule has 92 valence electrons. The maximum Gasteiger partial charge on any atom is 0.224 e. The number of benzene rings is 1. The van der Waals surface area contributed by atoms with E-state index in [1.54, 1.807) is 12.1 Å². The highest BCUT2D eigenvalue weighted by Crippen LogP contribution is 2.09. The second-order valence-corrected chi connectivity index (χ2v) is 3.38. The van der Waals surface area contributed by atoms with Crippen molar-refractivity contribution < 1.29 is 4.79 Å². The predicted octanol–water partition coefficient (Wildman–Crippen LogP) is 1.80. The standard InChI is InChI=1S/C10H13ClN2O.2ClH/c11-9-3-1-8(2-4-9)7-10(14)13-6-5-12;;/h1-4H,5-7,12H2,(H,13,14);2*1H. The first kappa shape index (κ1) is 17.9. The third-order valence-corrected chi connectivity index (χ3v) is 2.00. The van der Waals surface area contributed by atoms with E-state index in [1.807, 2.05) is 12.1 Å². The monoisotopic (exact) mass is 284 g/mol. The lowest BCUT2D eigenvalue weighted by atomic mass is 10.1. The van der Waals surface area contributed by atoms with Gasteiger partial charge in [-0.1, -0.05) is 23.7 Å². The third-order valence-electron chi connectivity index (χ3n) is 1.74. The van der Waals surface area contributed by atoms with E-state index in [1.165, 1.54) is 0 Å². The quantitative estimate of drug-likeness (QED) is 0.886. The lowest BCUT2D eigenvalue weighted by molar-refractivity contribution is -0.120. The first-order chi connectivity index (χ1) is 6.72. The van der Waals surface area contributed by atoms with E-state index in [2.05, 4.69) is 5.32 Å². The molecule has 0 radical (unpaired) electrons. The maximum atomic E-state index is 11.3. The molecule has 6 heteroatoms. The Morgan fingerprint density at radius 3 is 2.31 bits per heavy atom. The number of nitrogens with two attached hydrogens (primary N) is 1. The minimum absolute atomic E-state index is 0. The van der Waals surface area contributed by atoms with Crippen molar-refractivity contribution in [3.63, 3.8) is 0 Å². The van der Waals surface area contributed by atoms with Crippen molar-refractivity contribution in [2.45, 2.75) is 6.42 Å². The van der Waals surface area contributed by atoms with Gasteiger partial charge >= 0.3 is 0 Å². The van der Waals surface area contributed by atoms with E-state index in [9.17, 15) is 4.79 Å². The predicted molar refractivity (Wildman–Crippen MR) is 71.7 cm³/mol. The van der Waals surface area contributed by atoms with Crippen LogP contribution in [0.1, 0.15) is 5.56 Å². The van der Waals surface area contributed by atoms with Crippen LogP contribution in [-0.2, 0) is 11.2 Å². The number of carbonyl (C=O) groups is 1. The second-order valence-electron chi connectivity index (χ2n) is 2.94. The van der Waals surface area contributed by atoms with Gasteiger partial charge in [-0.05, 0) is 17.7 Å². The zero-order valence-electron chi connectivity index (χ0n) is 8.61. The van der Waals surface area contributed by atoms with Gasteiger partial charge < -0.3 is 11.1 Å². The van der Waals surface area contributed by atoms with Gasteiger partial charge in [0.25, 0.3) is 0 Å². The molecule has 0 fully saturated rings. The van der Waals surface area contributed by atoms with Crippen molar-refractivity contribution in [2.75, 3.05) is 13.1 Å². The average Bonchev–Trinajstić information content (AvgIpc) is 2.18. The molecule has 0 aliphatic heterocycles. The summed E-state index contributed by atoms with van der Waals surface area (Å²) in [4.78, 5) is 11.3. The summed E-state index contributed by atoms with van der Waals surface area (Å²) in [6, 6.07) is 7.22. The lowest BCUT2D eigenvalue weighted by Crippen LogP contribution is -2.30. The van der Waals surface area contributed by atoms with Crippen LogP contribution in [0.15, 0.2) is 24.3 Å². The topological polar surface area (TPSA) is 55.1 Å². The zero-order valence-corrected chi connectivity index (χ0v) is 11.0. The van der Waals surface area contributed by atoms with Crippen LogP contribution in [0.25, 0.3) is 0 Å². The molecule has 0 aliphatic carbocycles. The largest absolute Gasteiger partial charge is 0.355 e. The second kappa shape index (κ2) is 9.73. The van der Waals surface area contributed by atoms with E-state index in [-0.39, 0.29) is 30.7 Å². The van der Waals surface area contributed by atoms with Gasteiger partial charge in [0.05, 0.1) is 6.42 Å². The highest BCUT2D eigenvalue weighted by atomic mass is 35.5. The van der Waals surface area contributed by atoms with Gasteiger partial charge in [-0.3, -0.25) is 4.79 Å². The van der Waals surface area contributed by atoms with Gasteiger partial charge in [0.1, 0.15) is 0 Å². The molecule has 0 aliphatic rings. The van der Waals surface area contributed by atoms with Crippen molar-refractivity contribution in [3.05, 3.63) is 34.9 Å². The van der Waals surface area contributed by atoms with Gasteiger partial charge in [0, 0.05) is 18.1 Å². The summed E-state index contributed by atoms with van der Waals surface area (Å²) in [6.45, 7) is 0.985. The molecule has 0 heterocycles. The van der Waals surface area contributed by atoms with E-state index in [0.717, 1.165) is 5.56 Å². The van der Waals surface area contributed by atoms with Crippen LogP contribution in [0, 0.1) is 0 Å². The molecule has 16 heavy (non-hydrogen) atoms. The first-order valence-corrected chi connectivity index (χ1v) is 4.81. The fourth-order valence-corrected chi connectivity index (χ4v) is 1.19. The Hall–Kier alpha value is -0.480. The Bertz CT molecular complexity index is 303. The molecule has 0 spiro atoms. The number of amides is 1. The summed E-state index contributed by atoms with van der Waals surface area (Å²) < 4.78 is 0. The number of hydrogen-bond donors (Lipinski definition) is 2. The molecule has 0 unspecified atom stereocenters. The molecule has 1 amide bonds. The van der Waals surface area contributed by atoms with Crippen LogP contribution < -0.4 is 11.1 Å². The van der Waals surface area contributed by atoms with Crippen LogP contribution >= 0.6 is 36.4 Å². The normalized spacial score (nSPS) is 8.62. The summed E-state index contributed by atoms with van der Waals surface area (Å²) in [5.74, 6) is -0.0160. The lowest BCUT2D eigenvalue weighted by Gasteiger charge is -2.03. The van der Waals surface area contributed by atoms with Gasteiger partial charge in [0.2, 0.25) is 5.91 Å². The van der Waals surface area contributed by atoms with Crippen molar-refractivity contribution in [1.82, 2.24) is 5.32 Å². The molecular weight excluding hydrogens is 270 g/mol. The average molecular weight is 286 g/mol. The highest BCUT2D eigenvalue weighted by molar-refractivity contribution is 6.30. The SMILES string of the molecule is Cl.Cl.NCCNC(=O)Cc1ccc(Cl)cc1. The Kier molecular flexibility index (Phi) is 10.9. The fraction of sp³-hybridized carbons (Fsp3) is 0.300. The fourth-order valence-electron chi connectivity index (χ4n) is 1.06. The van der Waals surface area contributed by atoms with Crippen molar-refractivity contribution in [2.24, 2.45) is 5.73 Å². The minimum atomic E-state index is -0.0160. The Morgan fingerprint density at radius 1 is 1.25 bits per heavy atom. The molecule has 0 bridgehead atoms. The molecule has 1 aromatic carbocycles. The summed E-state index contributed by atoms with van der Waals surface area (Å²) >= 11 is 5.71. The molecule has 0 atom stereocenters. The van der Waals surface area contributed by atoms with E-state index >= 15 is 0 Å². The summed E-state index contributed by atoms with van der Waals surface area (Å²) in [6.07, 6.45) is 0.372. The number of carbonyl (C=O) groups excluding carboxylic acids is 1.